The summed E-state index contributed by atoms with van der Waals surface area (Å²) in [6.45, 7) is 0. The van der Waals surface area contributed by atoms with Crippen LogP contribution in [0.5, 0.6) is 0 Å². The fourth-order valence-corrected chi connectivity index (χ4v) is 0.224. The highest BCUT2D eigenvalue weighted by molar-refractivity contribution is 8.09. The summed E-state index contributed by atoms with van der Waals surface area (Å²) >= 11 is 1.01. The van der Waals surface area contributed by atoms with E-state index in [1.54, 1.807) is 24.0 Å². The maximum atomic E-state index is 9.41. The second-order valence-electron chi connectivity index (χ2n) is 0.987. The first-order valence-electron chi connectivity index (χ1n) is 1.49. The molecule has 0 atom stereocenters. The van der Waals surface area contributed by atoms with Crippen molar-refractivity contribution in [1.29, 1.82) is 0 Å². The molecule has 0 fully saturated rings. The summed E-state index contributed by atoms with van der Waals surface area (Å²) in [6, 6.07) is 0. The Labute approximate surface area is 41.6 Å². The Balaban J connectivity index is 2.81. The van der Waals surface area contributed by atoms with Gasteiger partial charge in [-0.25, -0.2) is 4.31 Å². The molecule has 0 heterocycles. The van der Waals surface area contributed by atoms with Gasteiger partial charge in [0, 0.05) is 11.9 Å². The zero-order valence-electron chi connectivity index (χ0n) is 3.76. The van der Waals surface area contributed by atoms with Gasteiger partial charge in [-0.1, -0.05) is 0 Å². The molecule has 0 saturated heterocycles. The van der Waals surface area contributed by atoms with E-state index in [1.807, 2.05) is 0 Å². The first-order valence-corrected chi connectivity index (χ1v) is 2.26. The first kappa shape index (κ1) is 5.98. The predicted molar refractivity (Wildman–Crippen MR) is 27.0 cm³/mol. The molecule has 0 unspecified atom stereocenters. The van der Waals surface area contributed by atoms with E-state index in [0.717, 1.165) is 11.9 Å². The second kappa shape index (κ2) is 3.18. The Bertz CT molecular complexity index is 46.1. The zero-order valence-corrected chi connectivity index (χ0v) is 4.58. The van der Waals surface area contributed by atoms with Crippen molar-refractivity contribution in [2.75, 3.05) is 14.1 Å². The maximum Gasteiger partial charge on any atom is 0.282 e. The van der Waals surface area contributed by atoms with Gasteiger partial charge in [-0.3, -0.25) is 4.79 Å². The molecule has 0 aromatic heterocycles. The lowest BCUT2D eigenvalue weighted by Gasteiger charge is -1.96. The van der Waals surface area contributed by atoms with Crippen LogP contribution in [0.15, 0.2) is 0 Å². The van der Waals surface area contributed by atoms with Crippen molar-refractivity contribution in [3.63, 3.8) is 0 Å². The fraction of sp³-hybridized carbons (Fsp3) is 0.667. The summed E-state index contributed by atoms with van der Waals surface area (Å²) in [7, 11) is 3.57. The van der Waals surface area contributed by atoms with Gasteiger partial charge >= 0.3 is 0 Å². The monoisotopic (exact) mass is 104 g/mol. The third-order valence-electron chi connectivity index (χ3n) is 0.220. The average Bonchev–Trinajstić information content (AvgIpc) is 1.35. The molecule has 0 amide bonds. The van der Waals surface area contributed by atoms with Gasteiger partial charge in [0.25, 0.3) is 5.62 Å². The van der Waals surface area contributed by atoms with E-state index in [4.69, 9.17) is 0 Å². The Morgan fingerprint density at radius 2 is 2.17 bits per heavy atom. The van der Waals surface area contributed by atoms with Gasteiger partial charge in [-0.05, 0) is 14.1 Å². The quantitative estimate of drug-likeness (QED) is 0.469. The smallest absolute Gasteiger partial charge is 0.276 e. The van der Waals surface area contributed by atoms with Gasteiger partial charge in [0.1, 0.15) is 0 Å². The Morgan fingerprint density at radius 1 is 1.67 bits per heavy atom. The van der Waals surface area contributed by atoms with Crippen molar-refractivity contribution in [3.8, 4) is 0 Å². The lowest BCUT2D eigenvalue weighted by Crippen LogP contribution is -1.97. The molecule has 0 aromatic carbocycles. The SMILES string of the molecule is CN(C)S[C]=O. The van der Waals surface area contributed by atoms with E-state index in [1.165, 1.54) is 0 Å². The van der Waals surface area contributed by atoms with E-state index in [2.05, 4.69) is 0 Å². The number of rotatable bonds is 2. The molecule has 0 aliphatic carbocycles. The van der Waals surface area contributed by atoms with Crippen LogP contribution in [0.3, 0.4) is 0 Å². The normalized spacial score (nSPS) is 9.17. The molecule has 2 nitrogen and oxygen atoms in total. The number of hydrogen-bond donors (Lipinski definition) is 0. The summed E-state index contributed by atoms with van der Waals surface area (Å²) < 4.78 is 1.67. The van der Waals surface area contributed by atoms with Crippen LogP contribution in [0, 0.1) is 0 Å². The van der Waals surface area contributed by atoms with Crippen LogP contribution in [0.2, 0.25) is 0 Å². The van der Waals surface area contributed by atoms with Gasteiger partial charge in [-0.2, -0.15) is 0 Å². The Kier molecular flexibility index (Phi) is 3.17. The molecule has 0 aliphatic rings. The number of nitrogens with zero attached hydrogens (tertiary/aromatic N) is 1. The summed E-state index contributed by atoms with van der Waals surface area (Å²) in [4.78, 5) is 9.41. The highest BCUT2D eigenvalue weighted by atomic mass is 32.2. The molecule has 0 spiro atoms. The summed E-state index contributed by atoms with van der Waals surface area (Å²) in [5, 5.41) is 0. The Hall–Kier alpha value is -0.0200. The maximum absolute atomic E-state index is 9.41. The minimum atomic E-state index is 1.01. The Morgan fingerprint density at radius 3 is 2.17 bits per heavy atom. The molecule has 0 aromatic rings. The van der Waals surface area contributed by atoms with E-state index in [9.17, 15) is 4.79 Å². The first-order chi connectivity index (χ1) is 2.77. The standard InChI is InChI=1S/C3H6NOS/c1-4(2)6-3-5/h1-2H3. The molecule has 0 saturated carbocycles. The second-order valence-corrected chi connectivity index (χ2v) is 2.07. The molecule has 35 valence electrons. The van der Waals surface area contributed by atoms with Crippen LogP contribution < -0.4 is 0 Å². The minimum Gasteiger partial charge on any atom is -0.276 e. The molecule has 6 heavy (non-hydrogen) atoms. The lowest BCUT2D eigenvalue weighted by atomic mass is 11.3. The largest absolute Gasteiger partial charge is 0.282 e. The van der Waals surface area contributed by atoms with Crippen LogP contribution in [0.1, 0.15) is 0 Å². The van der Waals surface area contributed by atoms with Gasteiger partial charge in [0.15, 0.2) is 0 Å². The van der Waals surface area contributed by atoms with Crippen molar-refractivity contribution < 1.29 is 4.79 Å². The molecule has 0 rings (SSSR count). The molecule has 0 bridgehead atoms. The van der Waals surface area contributed by atoms with Crippen molar-refractivity contribution in [2.24, 2.45) is 0 Å². The molecule has 3 heteroatoms. The molecule has 0 aliphatic heterocycles. The van der Waals surface area contributed by atoms with Crippen molar-refractivity contribution >= 4 is 17.6 Å². The summed E-state index contributed by atoms with van der Waals surface area (Å²) in [5.74, 6) is 0. The van der Waals surface area contributed by atoms with Crippen LogP contribution in [-0.2, 0) is 4.79 Å². The van der Waals surface area contributed by atoms with E-state index in [-0.39, 0.29) is 0 Å². The summed E-state index contributed by atoms with van der Waals surface area (Å²) in [5.41, 5.74) is 1.66. The third kappa shape index (κ3) is 3.98. The van der Waals surface area contributed by atoms with Crippen molar-refractivity contribution in [3.05, 3.63) is 0 Å². The van der Waals surface area contributed by atoms with Gasteiger partial charge in [-0.15, -0.1) is 0 Å². The molecular weight excluding hydrogens is 98.1 g/mol. The average molecular weight is 104 g/mol. The third-order valence-corrected chi connectivity index (χ3v) is 0.660. The van der Waals surface area contributed by atoms with Gasteiger partial charge < -0.3 is 0 Å². The van der Waals surface area contributed by atoms with Crippen LogP contribution in [0.25, 0.3) is 0 Å². The molecule has 0 N–H and O–H groups in total. The predicted octanol–water partition coefficient (Wildman–Crippen LogP) is 0.263. The minimum absolute atomic E-state index is 1.01. The molecule has 1 radical (unpaired) electrons. The van der Waals surface area contributed by atoms with Crippen molar-refractivity contribution in [2.45, 2.75) is 0 Å². The van der Waals surface area contributed by atoms with Crippen LogP contribution in [-0.4, -0.2) is 24.0 Å². The van der Waals surface area contributed by atoms with Crippen molar-refractivity contribution in [1.82, 2.24) is 4.31 Å². The van der Waals surface area contributed by atoms with Gasteiger partial charge in [0.2, 0.25) is 0 Å². The zero-order chi connectivity index (χ0) is 4.99. The van der Waals surface area contributed by atoms with Crippen LogP contribution in [0.4, 0.5) is 0 Å². The van der Waals surface area contributed by atoms with E-state index < -0.39 is 0 Å². The van der Waals surface area contributed by atoms with Crippen LogP contribution >= 0.6 is 11.9 Å². The number of hydrogen-bond acceptors (Lipinski definition) is 3. The van der Waals surface area contributed by atoms with E-state index in [0.29, 0.717) is 0 Å². The highest BCUT2D eigenvalue weighted by Gasteiger charge is 1.82. The van der Waals surface area contributed by atoms with Gasteiger partial charge in [0.05, 0.1) is 0 Å². The topological polar surface area (TPSA) is 20.3 Å². The summed E-state index contributed by atoms with van der Waals surface area (Å²) in [6.07, 6.45) is 0. The van der Waals surface area contributed by atoms with E-state index >= 15 is 0 Å². The number of carbonyl (C=O) groups excluding carboxylic acids is 1. The highest BCUT2D eigenvalue weighted by Crippen LogP contribution is 1.93. The molecular formula is C3H6NOS. The lowest BCUT2D eigenvalue weighted by molar-refractivity contribution is 0.568. The fourth-order valence-electron chi connectivity index (χ4n) is 0.0745.